The zero-order valence-corrected chi connectivity index (χ0v) is 11.5. The molecule has 0 aromatic carbocycles. The van der Waals surface area contributed by atoms with Crippen LogP contribution in [0.15, 0.2) is 23.4 Å². The predicted molar refractivity (Wildman–Crippen MR) is 70.4 cm³/mol. The Morgan fingerprint density at radius 3 is 2.79 bits per heavy atom. The fourth-order valence-electron chi connectivity index (χ4n) is 2.11. The Morgan fingerprint density at radius 2 is 2.16 bits per heavy atom. The summed E-state index contributed by atoms with van der Waals surface area (Å²) in [5.74, 6) is -2.14. The van der Waals surface area contributed by atoms with Crippen LogP contribution in [0, 0.1) is 5.92 Å². The Hall–Kier alpha value is -1.17. The van der Waals surface area contributed by atoms with Crippen LogP contribution in [0.2, 0.25) is 0 Å². The van der Waals surface area contributed by atoms with Gasteiger partial charge in [0.1, 0.15) is 5.03 Å². The smallest absolute Gasteiger partial charge is 0.290 e. The van der Waals surface area contributed by atoms with E-state index in [9.17, 15) is 13.6 Å². The summed E-state index contributed by atoms with van der Waals surface area (Å²) in [5.41, 5.74) is 0.280. The van der Waals surface area contributed by atoms with E-state index < -0.39 is 5.76 Å². The fraction of sp³-hybridized carbons (Fsp3) is 0.538. The second-order valence-electron chi connectivity index (χ2n) is 4.71. The maximum Gasteiger partial charge on any atom is 0.290 e. The van der Waals surface area contributed by atoms with Crippen LogP contribution in [0.25, 0.3) is 0 Å². The SMILES string of the molecule is CC1CCN(C(=O)c2cccnc2SC(F)F)CC1. The van der Waals surface area contributed by atoms with Crippen molar-refractivity contribution in [1.29, 1.82) is 0 Å². The van der Waals surface area contributed by atoms with Crippen LogP contribution < -0.4 is 0 Å². The Morgan fingerprint density at radius 1 is 1.47 bits per heavy atom. The molecule has 19 heavy (non-hydrogen) atoms. The van der Waals surface area contributed by atoms with Gasteiger partial charge < -0.3 is 4.90 Å². The lowest BCUT2D eigenvalue weighted by Crippen LogP contribution is -2.38. The van der Waals surface area contributed by atoms with E-state index in [1.54, 1.807) is 17.0 Å². The number of thioether (sulfide) groups is 1. The molecule has 0 radical (unpaired) electrons. The molecule has 0 saturated carbocycles. The fourth-order valence-corrected chi connectivity index (χ4v) is 2.69. The number of alkyl halides is 2. The molecule has 1 aliphatic rings. The molecule has 0 unspecified atom stereocenters. The molecule has 6 heteroatoms. The second kappa shape index (κ2) is 6.32. The van der Waals surface area contributed by atoms with Gasteiger partial charge in [0.15, 0.2) is 0 Å². The first kappa shape index (κ1) is 14.2. The van der Waals surface area contributed by atoms with E-state index in [0.29, 0.717) is 30.8 Å². The van der Waals surface area contributed by atoms with Gasteiger partial charge in [-0.25, -0.2) is 4.98 Å². The molecular weight excluding hydrogens is 270 g/mol. The molecular formula is C13H16F2N2OS. The topological polar surface area (TPSA) is 33.2 Å². The van der Waals surface area contributed by atoms with Crippen molar-refractivity contribution in [2.75, 3.05) is 13.1 Å². The lowest BCUT2D eigenvalue weighted by Gasteiger charge is -2.30. The van der Waals surface area contributed by atoms with Crippen molar-refractivity contribution in [2.45, 2.75) is 30.5 Å². The van der Waals surface area contributed by atoms with Gasteiger partial charge in [0.2, 0.25) is 0 Å². The largest absolute Gasteiger partial charge is 0.339 e. The van der Waals surface area contributed by atoms with E-state index in [4.69, 9.17) is 0 Å². The van der Waals surface area contributed by atoms with Crippen LogP contribution >= 0.6 is 11.8 Å². The second-order valence-corrected chi connectivity index (χ2v) is 5.69. The third kappa shape index (κ3) is 3.65. The molecule has 3 nitrogen and oxygen atoms in total. The molecule has 0 aliphatic carbocycles. The van der Waals surface area contributed by atoms with Crippen LogP contribution in [0.4, 0.5) is 8.78 Å². The number of hydrogen-bond acceptors (Lipinski definition) is 3. The highest BCUT2D eigenvalue weighted by atomic mass is 32.2. The number of hydrogen-bond donors (Lipinski definition) is 0. The van der Waals surface area contributed by atoms with Gasteiger partial charge in [-0.2, -0.15) is 8.78 Å². The summed E-state index contributed by atoms with van der Waals surface area (Å²) in [7, 11) is 0. The number of nitrogens with zero attached hydrogens (tertiary/aromatic N) is 2. The molecule has 104 valence electrons. The van der Waals surface area contributed by atoms with E-state index in [0.717, 1.165) is 12.8 Å². The van der Waals surface area contributed by atoms with Crippen molar-refractivity contribution < 1.29 is 13.6 Å². The average Bonchev–Trinajstić information content (AvgIpc) is 2.39. The minimum absolute atomic E-state index is 0.112. The van der Waals surface area contributed by atoms with Gasteiger partial charge in [0, 0.05) is 19.3 Å². The summed E-state index contributed by atoms with van der Waals surface area (Å²) in [6, 6.07) is 3.17. The number of amides is 1. The van der Waals surface area contributed by atoms with E-state index in [1.807, 2.05) is 0 Å². The molecule has 0 spiro atoms. The lowest BCUT2D eigenvalue weighted by molar-refractivity contribution is 0.0693. The van der Waals surface area contributed by atoms with Gasteiger partial charge in [0.05, 0.1) is 5.56 Å². The van der Waals surface area contributed by atoms with Crippen LogP contribution in [0.3, 0.4) is 0 Å². The van der Waals surface area contributed by atoms with E-state index in [-0.39, 0.29) is 16.5 Å². The monoisotopic (exact) mass is 286 g/mol. The summed E-state index contributed by atoms with van der Waals surface area (Å²) >= 11 is 0.326. The van der Waals surface area contributed by atoms with Gasteiger partial charge >= 0.3 is 0 Å². The Labute approximate surface area is 115 Å². The zero-order valence-electron chi connectivity index (χ0n) is 10.7. The van der Waals surface area contributed by atoms with Crippen LogP contribution in [0.1, 0.15) is 30.1 Å². The maximum atomic E-state index is 12.5. The molecule has 1 saturated heterocycles. The summed E-state index contributed by atoms with van der Waals surface area (Å²) in [6.45, 7) is 3.53. The molecule has 0 atom stereocenters. The Bertz CT molecular complexity index is 448. The van der Waals surface area contributed by atoms with E-state index in [1.165, 1.54) is 6.20 Å². The third-order valence-electron chi connectivity index (χ3n) is 3.27. The molecule has 1 amide bonds. The molecule has 1 aliphatic heterocycles. The van der Waals surface area contributed by atoms with Crippen LogP contribution in [-0.2, 0) is 0 Å². The van der Waals surface area contributed by atoms with Crippen molar-refractivity contribution in [1.82, 2.24) is 9.88 Å². The predicted octanol–water partition coefficient (Wildman–Crippen LogP) is 3.27. The van der Waals surface area contributed by atoms with Gasteiger partial charge in [-0.1, -0.05) is 6.92 Å². The van der Waals surface area contributed by atoms with E-state index in [2.05, 4.69) is 11.9 Å². The van der Waals surface area contributed by atoms with Crippen molar-refractivity contribution >= 4 is 17.7 Å². The van der Waals surface area contributed by atoms with Crippen LogP contribution in [-0.4, -0.2) is 34.6 Å². The number of halogens is 2. The number of carbonyl (C=O) groups is 1. The molecule has 2 rings (SSSR count). The first-order chi connectivity index (χ1) is 9.08. The van der Waals surface area contributed by atoms with E-state index >= 15 is 0 Å². The lowest BCUT2D eigenvalue weighted by atomic mass is 9.99. The highest BCUT2D eigenvalue weighted by molar-refractivity contribution is 7.99. The van der Waals surface area contributed by atoms with Gasteiger partial charge in [-0.3, -0.25) is 4.79 Å². The standard InChI is InChI=1S/C13H16F2N2OS/c1-9-4-7-17(8-5-9)12(18)10-3-2-6-16-11(10)19-13(14)15/h2-3,6,9,13H,4-5,7-8H2,1H3. The average molecular weight is 286 g/mol. The molecule has 1 aromatic heterocycles. The number of piperidine rings is 1. The summed E-state index contributed by atoms with van der Waals surface area (Å²) in [4.78, 5) is 18.0. The quantitative estimate of drug-likeness (QED) is 0.800. The summed E-state index contributed by atoms with van der Waals surface area (Å²) in [6.07, 6.45) is 3.35. The van der Waals surface area contributed by atoms with Gasteiger partial charge in [0.25, 0.3) is 11.7 Å². The summed E-state index contributed by atoms with van der Waals surface area (Å²) < 4.78 is 24.9. The molecule has 0 N–H and O–H groups in total. The van der Waals surface area contributed by atoms with Gasteiger partial charge in [-0.05, 0) is 42.7 Å². The molecule has 1 fully saturated rings. The molecule has 0 bridgehead atoms. The van der Waals surface area contributed by atoms with Crippen LogP contribution in [0.5, 0.6) is 0 Å². The molecule has 1 aromatic rings. The summed E-state index contributed by atoms with van der Waals surface area (Å²) in [5, 5.41) is 0.112. The van der Waals surface area contributed by atoms with Gasteiger partial charge in [-0.15, -0.1) is 0 Å². The minimum atomic E-state index is -2.57. The Balaban J connectivity index is 2.14. The minimum Gasteiger partial charge on any atom is -0.339 e. The normalized spacial score (nSPS) is 16.9. The number of carbonyl (C=O) groups excluding carboxylic acids is 1. The highest BCUT2D eigenvalue weighted by Gasteiger charge is 2.24. The van der Waals surface area contributed by atoms with Crippen molar-refractivity contribution in [2.24, 2.45) is 5.92 Å². The number of pyridine rings is 1. The first-order valence-corrected chi connectivity index (χ1v) is 7.15. The number of rotatable bonds is 3. The van der Waals surface area contributed by atoms with Crippen molar-refractivity contribution in [3.05, 3.63) is 23.9 Å². The first-order valence-electron chi connectivity index (χ1n) is 6.27. The molecule has 2 heterocycles. The van der Waals surface area contributed by atoms with Crippen molar-refractivity contribution in [3.63, 3.8) is 0 Å². The third-order valence-corrected chi connectivity index (χ3v) is 4.00. The number of likely N-dealkylation sites (tertiary alicyclic amines) is 1. The zero-order chi connectivity index (χ0) is 13.8. The van der Waals surface area contributed by atoms with Crippen molar-refractivity contribution in [3.8, 4) is 0 Å². The number of aromatic nitrogens is 1. The highest BCUT2D eigenvalue weighted by Crippen LogP contribution is 2.28. The Kier molecular flexibility index (Phi) is 4.74. The maximum absolute atomic E-state index is 12.5.